The van der Waals surface area contributed by atoms with Gasteiger partial charge in [0.25, 0.3) is 0 Å². The standard InChI is InChI=1S/C14H15BrF3N3O2S/c1-10-9-13(14(16,17)18)20-21(10)8-2-7-19-24(22,23)12-5-3-11(15)4-6-12/h3-6,9,19H,2,7-8H2,1H3. The van der Waals surface area contributed by atoms with Crippen molar-refractivity contribution >= 4 is 26.0 Å². The van der Waals surface area contributed by atoms with Crippen molar-refractivity contribution in [3.8, 4) is 0 Å². The summed E-state index contributed by atoms with van der Waals surface area (Å²) in [5.41, 5.74) is -0.575. The van der Waals surface area contributed by atoms with Gasteiger partial charge in [-0.1, -0.05) is 15.9 Å². The highest BCUT2D eigenvalue weighted by atomic mass is 79.9. The number of aryl methyl sites for hydroxylation is 2. The molecule has 0 saturated heterocycles. The minimum Gasteiger partial charge on any atom is -0.269 e. The molecule has 0 aliphatic heterocycles. The Morgan fingerprint density at radius 1 is 1.25 bits per heavy atom. The fourth-order valence-electron chi connectivity index (χ4n) is 2.01. The molecule has 0 atom stereocenters. The molecule has 132 valence electrons. The van der Waals surface area contributed by atoms with E-state index in [1.807, 2.05) is 0 Å². The third-order valence-electron chi connectivity index (χ3n) is 3.23. The van der Waals surface area contributed by atoms with Gasteiger partial charge in [0.15, 0.2) is 5.69 Å². The maximum Gasteiger partial charge on any atom is 0.435 e. The number of nitrogens with zero attached hydrogens (tertiary/aromatic N) is 2. The van der Waals surface area contributed by atoms with Crippen molar-refractivity contribution in [2.45, 2.75) is 31.0 Å². The van der Waals surface area contributed by atoms with Gasteiger partial charge in [0.1, 0.15) is 0 Å². The lowest BCUT2D eigenvalue weighted by Crippen LogP contribution is -2.25. The fourth-order valence-corrected chi connectivity index (χ4v) is 3.35. The van der Waals surface area contributed by atoms with E-state index < -0.39 is 21.9 Å². The van der Waals surface area contributed by atoms with E-state index >= 15 is 0 Å². The molecule has 0 aliphatic rings. The Kier molecular flexibility index (Phi) is 5.71. The molecule has 5 nitrogen and oxygen atoms in total. The minimum absolute atomic E-state index is 0.0963. The first-order valence-electron chi connectivity index (χ1n) is 6.96. The molecule has 1 aromatic heterocycles. The average molecular weight is 426 g/mol. The normalized spacial score (nSPS) is 12.5. The van der Waals surface area contributed by atoms with E-state index in [0.717, 1.165) is 10.5 Å². The van der Waals surface area contributed by atoms with Crippen LogP contribution in [-0.2, 0) is 22.7 Å². The molecule has 24 heavy (non-hydrogen) atoms. The molecular weight excluding hydrogens is 411 g/mol. The fraction of sp³-hybridized carbons (Fsp3) is 0.357. The summed E-state index contributed by atoms with van der Waals surface area (Å²) in [5.74, 6) is 0. The molecule has 10 heteroatoms. The zero-order valence-corrected chi connectivity index (χ0v) is 15.0. The van der Waals surface area contributed by atoms with Crippen LogP contribution < -0.4 is 4.72 Å². The van der Waals surface area contributed by atoms with Crippen molar-refractivity contribution in [1.29, 1.82) is 0 Å². The van der Waals surface area contributed by atoms with Gasteiger partial charge in [-0.3, -0.25) is 4.68 Å². The lowest BCUT2D eigenvalue weighted by atomic mass is 10.3. The summed E-state index contributed by atoms with van der Waals surface area (Å²) in [6.07, 6.45) is -4.17. The van der Waals surface area contributed by atoms with Crippen LogP contribution in [0.1, 0.15) is 17.8 Å². The Bertz CT molecular complexity index is 802. The monoisotopic (exact) mass is 425 g/mol. The van der Waals surface area contributed by atoms with Crippen LogP contribution in [0, 0.1) is 6.92 Å². The summed E-state index contributed by atoms with van der Waals surface area (Å²) in [7, 11) is -3.64. The highest BCUT2D eigenvalue weighted by Gasteiger charge is 2.34. The van der Waals surface area contributed by atoms with E-state index in [1.54, 1.807) is 12.1 Å². The molecule has 0 unspecified atom stereocenters. The molecular formula is C14H15BrF3N3O2S. The van der Waals surface area contributed by atoms with Crippen molar-refractivity contribution in [3.05, 3.63) is 46.2 Å². The number of sulfonamides is 1. The van der Waals surface area contributed by atoms with Crippen LogP contribution in [0.5, 0.6) is 0 Å². The SMILES string of the molecule is Cc1cc(C(F)(F)F)nn1CCCNS(=O)(=O)c1ccc(Br)cc1. The quantitative estimate of drug-likeness (QED) is 0.721. The van der Waals surface area contributed by atoms with Crippen molar-refractivity contribution in [2.24, 2.45) is 0 Å². The summed E-state index contributed by atoms with van der Waals surface area (Å²) in [4.78, 5) is 0.125. The number of nitrogens with one attached hydrogen (secondary N) is 1. The minimum atomic E-state index is -4.49. The molecule has 1 N–H and O–H groups in total. The zero-order chi connectivity index (χ0) is 18.0. The predicted molar refractivity (Wildman–Crippen MR) is 85.9 cm³/mol. The van der Waals surface area contributed by atoms with Crippen molar-refractivity contribution in [3.63, 3.8) is 0 Å². The number of halogens is 4. The van der Waals surface area contributed by atoms with Crippen molar-refractivity contribution in [2.75, 3.05) is 6.54 Å². The van der Waals surface area contributed by atoms with Gasteiger partial charge < -0.3 is 0 Å². The number of rotatable bonds is 6. The van der Waals surface area contributed by atoms with Crippen LogP contribution in [0.2, 0.25) is 0 Å². The molecule has 0 amide bonds. The number of hydrogen-bond acceptors (Lipinski definition) is 3. The summed E-state index contributed by atoms with van der Waals surface area (Å²) in [5, 5.41) is 3.49. The Hall–Kier alpha value is -1.39. The molecule has 0 bridgehead atoms. The van der Waals surface area contributed by atoms with Crippen LogP contribution in [-0.4, -0.2) is 24.7 Å². The van der Waals surface area contributed by atoms with Crippen LogP contribution >= 0.6 is 15.9 Å². The first kappa shape index (κ1) is 18.9. The Morgan fingerprint density at radius 3 is 2.42 bits per heavy atom. The van der Waals surface area contributed by atoms with Gasteiger partial charge >= 0.3 is 6.18 Å². The van der Waals surface area contributed by atoms with Gasteiger partial charge in [-0.05, 0) is 43.7 Å². The smallest absolute Gasteiger partial charge is 0.269 e. The van der Waals surface area contributed by atoms with E-state index in [-0.39, 0.29) is 18.0 Å². The number of alkyl halides is 3. The number of aromatic nitrogens is 2. The molecule has 0 fully saturated rings. The maximum absolute atomic E-state index is 12.6. The lowest BCUT2D eigenvalue weighted by molar-refractivity contribution is -0.141. The van der Waals surface area contributed by atoms with E-state index in [9.17, 15) is 21.6 Å². The molecule has 1 aromatic carbocycles. The highest BCUT2D eigenvalue weighted by Crippen LogP contribution is 2.28. The van der Waals surface area contributed by atoms with Gasteiger partial charge in [-0.25, -0.2) is 13.1 Å². The largest absolute Gasteiger partial charge is 0.435 e. The Labute approximate surface area is 146 Å². The van der Waals surface area contributed by atoms with E-state index in [0.29, 0.717) is 12.1 Å². The molecule has 2 rings (SSSR count). The third-order valence-corrected chi connectivity index (χ3v) is 5.24. The zero-order valence-electron chi connectivity index (χ0n) is 12.6. The second-order valence-corrected chi connectivity index (χ2v) is 7.78. The number of benzene rings is 1. The van der Waals surface area contributed by atoms with Crippen LogP contribution in [0.4, 0.5) is 13.2 Å². The third kappa shape index (κ3) is 4.81. The van der Waals surface area contributed by atoms with E-state index in [2.05, 4.69) is 25.8 Å². The molecule has 0 saturated carbocycles. The Balaban J connectivity index is 1.91. The van der Waals surface area contributed by atoms with Crippen LogP contribution in [0.15, 0.2) is 39.7 Å². The van der Waals surface area contributed by atoms with Gasteiger partial charge in [0, 0.05) is 23.3 Å². The van der Waals surface area contributed by atoms with Crippen molar-refractivity contribution < 1.29 is 21.6 Å². The first-order valence-corrected chi connectivity index (χ1v) is 9.24. The lowest BCUT2D eigenvalue weighted by Gasteiger charge is -2.08. The summed E-state index contributed by atoms with van der Waals surface area (Å²) in [6.45, 7) is 1.80. The van der Waals surface area contributed by atoms with Crippen LogP contribution in [0.3, 0.4) is 0 Å². The second-order valence-electron chi connectivity index (χ2n) is 5.10. The van der Waals surface area contributed by atoms with Gasteiger partial charge in [-0.2, -0.15) is 18.3 Å². The molecule has 0 aliphatic carbocycles. The predicted octanol–water partition coefficient (Wildman–Crippen LogP) is 3.34. The first-order chi connectivity index (χ1) is 11.1. The average Bonchev–Trinajstić information content (AvgIpc) is 2.85. The summed E-state index contributed by atoms with van der Waals surface area (Å²) >= 11 is 3.22. The van der Waals surface area contributed by atoms with Gasteiger partial charge in [0.2, 0.25) is 10.0 Å². The van der Waals surface area contributed by atoms with Crippen LogP contribution in [0.25, 0.3) is 0 Å². The summed E-state index contributed by atoms with van der Waals surface area (Å²) in [6, 6.07) is 7.10. The Morgan fingerprint density at radius 2 is 1.88 bits per heavy atom. The molecule has 1 heterocycles. The molecule has 0 spiro atoms. The second kappa shape index (κ2) is 7.24. The van der Waals surface area contributed by atoms with Gasteiger partial charge in [0.05, 0.1) is 4.90 Å². The van der Waals surface area contributed by atoms with E-state index in [1.165, 1.54) is 23.7 Å². The number of hydrogen-bond donors (Lipinski definition) is 1. The molecule has 2 aromatic rings. The van der Waals surface area contributed by atoms with Gasteiger partial charge in [-0.15, -0.1) is 0 Å². The highest BCUT2D eigenvalue weighted by molar-refractivity contribution is 9.10. The van der Waals surface area contributed by atoms with E-state index in [4.69, 9.17) is 0 Å². The topological polar surface area (TPSA) is 64.0 Å². The summed E-state index contributed by atoms with van der Waals surface area (Å²) < 4.78 is 66.2. The molecule has 0 radical (unpaired) electrons. The van der Waals surface area contributed by atoms with Crippen molar-refractivity contribution in [1.82, 2.24) is 14.5 Å². The maximum atomic E-state index is 12.6.